The van der Waals surface area contributed by atoms with Crippen LogP contribution in [-0.2, 0) is 4.79 Å². The van der Waals surface area contributed by atoms with Crippen LogP contribution in [-0.4, -0.2) is 12.7 Å². The Kier molecular flexibility index (Phi) is 2.48. The minimum atomic E-state index is -2.50. The molecule has 0 aromatic heterocycles. The van der Waals surface area contributed by atoms with Crippen molar-refractivity contribution in [2.24, 2.45) is 5.92 Å². The van der Waals surface area contributed by atoms with Gasteiger partial charge in [0.05, 0.1) is 5.92 Å². The molecule has 0 unspecified atom stereocenters. The first-order chi connectivity index (χ1) is 3.18. The van der Waals surface area contributed by atoms with Crippen LogP contribution >= 0.6 is 0 Å². The van der Waals surface area contributed by atoms with E-state index in [0.717, 1.165) is 0 Å². The van der Waals surface area contributed by atoms with Gasteiger partial charge in [0.15, 0.2) is 0 Å². The Hall–Kier alpha value is -0.470. The second-order valence-electron chi connectivity index (χ2n) is 1.33. The van der Waals surface area contributed by atoms with Crippen molar-refractivity contribution in [2.45, 2.75) is 13.3 Å². The summed E-state index contributed by atoms with van der Waals surface area (Å²) in [6, 6.07) is 0. The summed E-state index contributed by atoms with van der Waals surface area (Å²) in [5, 5.41) is 0. The Morgan fingerprint density at radius 2 is 2.00 bits per heavy atom. The third-order valence-corrected chi connectivity index (χ3v) is 0.612. The average molecular weight is 108 g/mol. The van der Waals surface area contributed by atoms with Crippen LogP contribution in [0.3, 0.4) is 0 Å². The number of aldehydes is 1. The number of hydrogen-bond donors (Lipinski definition) is 0. The molecular formula is C4H6F2O. The molecule has 0 aliphatic carbocycles. The van der Waals surface area contributed by atoms with Crippen molar-refractivity contribution in [1.82, 2.24) is 0 Å². The van der Waals surface area contributed by atoms with Crippen molar-refractivity contribution in [3.63, 3.8) is 0 Å². The number of carbonyl (C=O) groups excluding carboxylic acids is 1. The number of halogens is 2. The molecule has 0 radical (unpaired) electrons. The standard InChI is InChI=1S/C4H6F2O/c1-3(2-7)4(5)6/h2-4H,1H3/t3-/m0/s1. The second-order valence-corrected chi connectivity index (χ2v) is 1.33. The van der Waals surface area contributed by atoms with Crippen LogP contribution < -0.4 is 0 Å². The molecule has 1 atom stereocenters. The van der Waals surface area contributed by atoms with Gasteiger partial charge in [-0.1, -0.05) is 6.92 Å². The maximum Gasteiger partial charge on any atom is 0.247 e. The van der Waals surface area contributed by atoms with E-state index in [0.29, 0.717) is 0 Å². The molecule has 0 amide bonds. The summed E-state index contributed by atoms with van der Waals surface area (Å²) in [6.07, 6.45) is -2.26. The lowest BCUT2D eigenvalue weighted by molar-refractivity contribution is -0.114. The SMILES string of the molecule is C[C@@H](C=O)C(F)F. The number of hydrogen-bond acceptors (Lipinski definition) is 1. The predicted molar refractivity (Wildman–Crippen MR) is 21.2 cm³/mol. The van der Waals surface area contributed by atoms with Crippen molar-refractivity contribution in [3.8, 4) is 0 Å². The maximum absolute atomic E-state index is 11.2. The van der Waals surface area contributed by atoms with Gasteiger partial charge in [-0.25, -0.2) is 8.78 Å². The second kappa shape index (κ2) is 2.66. The molecule has 3 heteroatoms. The topological polar surface area (TPSA) is 17.1 Å². The molecule has 0 aromatic rings. The van der Waals surface area contributed by atoms with Gasteiger partial charge in [0.2, 0.25) is 6.43 Å². The van der Waals surface area contributed by atoms with E-state index >= 15 is 0 Å². The molecule has 0 saturated carbocycles. The smallest absolute Gasteiger partial charge is 0.247 e. The van der Waals surface area contributed by atoms with Crippen molar-refractivity contribution in [2.75, 3.05) is 0 Å². The fourth-order valence-corrected chi connectivity index (χ4v) is 0.0594. The molecule has 0 aliphatic heterocycles. The zero-order valence-electron chi connectivity index (χ0n) is 3.90. The van der Waals surface area contributed by atoms with Crippen molar-refractivity contribution in [1.29, 1.82) is 0 Å². The lowest BCUT2D eigenvalue weighted by Gasteiger charge is -1.96. The van der Waals surface area contributed by atoms with E-state index in [1.807, 2.05) is 0 Å². The predicted octanol–water partition coefficient (Wildman–Crippen LogP) is 1.09. The van der Waals surface area contributed by atoms with E-state index in [2.05, 4.69) is 0 Å². The third kappa shape index (κ3) is 2.25. The van der Waals surface area contributed by atoms with Crippen LogP contribution in [0.4, 0.5) is 8.78 Å². The first kappa shape index (κ1) is 6.53. The fraction of sp³-hybridized carbons (Fsp3) is 0.750. The Morgan fingerprint density at radius 1 is 1.57 bits per heavy atom. The first-order valence-electron chi connectivity index (χ1n) is 1.92. The molecule has 0 bridgehead atoms. The monoisotopic (exact) mass is 108 g/mol. The molecular weight excluding hydrogens is 102 g/mol. The maximum atomic E-state index is 11.2. The molecule has 0 N–H and O–H groups in total. The molecule has 0 aromatic carbocycles. The van der Waals surface area contributed by atoms with Crippen LogP contribution in [0.1, 0.15) is 6.92 Å². The van der Waals surface area contributed by atoms with Crippen molar-refractivity contribution in [3.05, 3.63) is 0 Å². The van der Waals surface area contributed by atoms with Gasteiger partial charge in [-0.3, -0.25) is 0 Å². The van der Waals surface area contributed by atoms with Gasteiger partial charge in [0.1, 0.15) is 6.29 Å². The summed E-state index contributed by atoms with van der Waals surface area (Å²) in [5.74, 6) is -1.11. The molecule has 0 heterocycles. The van der Waals surface area contributed by atoms with Gasteiger partial charge in [-0.2, -0.15) is 0 Å². The molecule has 0 spiro atoms. The molecule has 42 valence electrons. The van der Waals surface area contributed by atoms with E-state index in [1.54, 1.807) is 0 Å². The highest BCUT2D eigenvalue weighted by molar-refractivity contribution is 5.53. The molecule has 0 rings (SSSR count). The van der Waals surface area contributed by atoms with Crippen LogP contribution in [0, 0.1) is 5.92 Å². The van der Waals surface area contributed by atoms with Gasteiger partial charge >= 0.3 is 0 Å². The van der Waals surface area contributed by atoms with E-state index < -0.39 is 12.3 Å². The Morgan fingerprint density at radius 3 is 2.00 bits per heavy atom. The lowest BCUT2D eigenvalue weighted by Crippen LogP contribution is -2.06. The third-order valence-electron chi connectivity index (χ3n) is 0.612. The highest BCUT2D eigenvalue weighted by Gasteiger charge is 2.11. The van der Waals surface area contributed by atoms with E-state index in [9.17, 15) is 13.6 Å². The number of rotatable bonds is 2. The minimum Gasteiger partial charge on any atom is -0.303 e. The van der Waals surface area contributed by atoms with Crippen molar-refractivity contribution < 1.29 is 13.6 Å². The molecule has 0 saturated heterocycles. The van der Waals surface area contributed by atoms with Gasteiger partial charge in [0, 0.05) is 0 Å². The normalized spacial score (nSPS) is 14.3. The number of carbonyl (C=O) groups is 1. The van der Waals surface area contributed by atoms with Gasteiger partial charge in [-0.15, -0.1) is 0 Å². The van der Waals surface area contributed by atoms with Crippen molar-refractivity contribution >= 4 is 6.29 Å². The summed E-state index contributed by atoms with van der Waals surface area (Å²) in [4.78, 5) is 9.47. The summed E-state index contributed by atoms with van der Waals surface area (Å²) in [5.41, 5.74) is 0. The quantitative estimate of drug-likeness (QED) is 0.484. The number of alkyl halides is 2. The summed E-state index contributed by atoms with van der Waals surface area (Å²) in [6.45, 7) is 1.18. The largest absolute Gasteiger partial charge is 0.303 e. The van der Waals surface area contributed by atoms with Crippen LogP contribution in [0.15, 0.2) is 0 Å². The Labute approximate surface area is 40.3 Å². The van der Waals surface area contributed by atoms with Gasteiger partial charge in [0.25, 0.3) is 0 Å². The Bertz CT molecular complexity index is 62.7. The lowest BCUT2D eigenvalue weighted by atomic mass is 10.2. The highest BCUT2D eigenvalue weighted by Crippen LogP contribution is 2.03. The molecule has 0 aliphatic rings. The van der Waals surface area contributed by atoms with E-state index in [-0.39, 0.29) is 6.29 Å². The van der Waals surface area contributed by atoms with E-state index in [1.165, 1.54) is 6.92 Å². The molecule has 1 nitrogen and oxygen atoms in total. The van der Waals surface area contributed by atoms with Crippen LogP contribution in [0.5, 0.6) is 0 Å². The van der Waals surface area contributed by atoms with E-state index in [4.69, 9.17) is 0 Å². The first-order valence-corrected chi connectivity index (χ1v) is 1.92. The Balaban J connectivity index is 3.33. The van der Waals surface area contributed by atoms with Crippen LogP contribution in [0.2, 0.25) is 0 Å². The summed E-state index contributed by atoms with van der Waals surface area (Å²) in [7, 11) is 0. The zero-order valence-corrected chi connectivity index (χ0v) is 3.90. The van der Waals surface area contributed by atoms with Crippen LogP contribution in [0.25, 0.3) is 0 Å². The zero-order chi connectivity index (χ0) is 5.86. The molecule has 7 heavy (non-hydrogen) atoms. The summed E-state index contributed by atoms with van der Waals surface area (Å²) < 4.78 is 22.4. The molecule has 0 fully saturated rings. The summed E-state index contributed by atoms with van der Waals surface area (Å²) >= 11 is 0. The fourth-order valence-electron chi connectivity index (χ4n) is 0.0594. The minimum absolute atomic E-state index is 0.241. The average Bonchev–Trinajstić information content (AvgIpc) is 1.65. The van der Waals surface area contributed by atoms with Gasteiger partial charge in [-0.05, 0) is 0 Å². The van der Waals surface area contributed by atoms with Gasteiger partial charge < -0.3 is 4.79 Å². The highest BCUT2D eigenvalue weighted by atomic mass is 19.3.